The Morgan fingerprint density at radius 3 is 2.41 bits per heavy atom. The van der Waals surface area contributed by atoms with Gasteiger partial charge in [0.1, 0.15) is 5.75 Å². The van der Waals surface area contributed by atoms with Crippen molar-refractivity contribution in [3.8, 4) is 5.75 Å². The molecule has 0 heterocycles. The summed E-state index contributed by atoms with van der Waals surface area (Å²) in [6.45, 7) is 2.23. The Hall–Kier alpha value is -0.690. The molecule has 17 heavy (non-hydrogen) atoms. The normalized spacial score (nSPS) is 12.4. The number of alkyl halides is 1. The number of hydrogen-bond acceptors (Lipinski definition) is 1. The molecule has 0 aromatic heterocycles. The van der Waals surface area contributed by atoms with Crippen LogP contribution in [-0.2, 0) is 6.42 Å². The van der Waals surface area contributed by atoms with Gasteiger partial charge in [-0.25, -0.2) is 0 Å². The number of halogens is 1. The zero-order valence-electron chi connectivity index (χ0n) is 10.9. The molecule has 0 saturated heterocycles. The van der Waals surface area contributed by atoms with Crippen LogP contribution in [-0.4, -0.2) is 12.5 Å². The number of hydrogen-bond donors (Lipinski definition) is 0. The van der Waals surface area contributed by atoms with Crippen LogP contribution >= 0.6 is 11.6 Å². The molecule has 0 aliphatic carbocycles. The Kier molecular flexibility index (Phi) is 7.11. The van der Waals surface area contributed by atoms with Gasteiger partial charge in [0.15, 0.2) is 0 Å². The van der Waals surface area contributed by atoms with Crippen molar-refractivity contribution in [2.24, 2.45) is 0 Å². The summed E-state index contributed by atoms with van der Waals surface area (Å²) in [5.41, 5.74) is 1.29. The van der Waals surface area contributed by atoms with Gasteiger partial charge >= 0.3 is 0 Å². The predicted octanol–water partition coefficient (Wildman–Crippen LogP) is 4.82. The van der Waals surface area contributed by atoms with Crippen LogP contribution in [0.2, 0.25) is 0 Å². The van der Waals surface area contributed by atoms with Crippen molar-refractivity contribution in [2.45, 2.75) is 50.8 Å². The molecule has 1 rings (SSSR count). The molecule has 0 amide bonds. The highest BCUT2D eigenvalue weighted by Crippen LogP contribution is 2.18. The predicted molar refractivity (Wildman–Crippen MR) is 75.1 cm³/mol. The first-order valence-electron chi connectivity index (χ1n) is 6.53. The van der Waals surface area contributed by atoms with Crippen LogP contribution in [0.25, 0.3) is 0 Å². The van der Waals surface area contributed by atoms with Gasteiger partial charge in [0.05, 0.1) is 7.11 Å². The van der Waals surface area contributed by atoms with Gasteiger partial charge in [-0.05, 0) is 30.5 Å². The second kappa shape index (κ2) is 8.41. The molecule has 0 spiro atoms. The average molecular weight is 255 g/mol. The first kappa shape index (κ1) is 14.4. The number of rotatable bonds is 8. The third-order valence-electron chi connectivity index (χ3n) is 2.99. The molecular formula is C15H23ClO. The van der Waals surface area contributed by atoms with Crippen LogP contribution in [0.4, 0.5) is 0 Å². The molecule has 96 valence electrons. The molecule has 0 aliphatic heterocycles. The van der Waals surface area contributed by atoms with Crippen molar-refractivity contribution in [3.63, 3.8) is 0 Å². The summed E-state index contributed by atoms with van der Waals surface area (Å²) >= 11 is 6.34. The Balaban J connectivity index is 2.26. The fraction of sp³-hybridized carbons (Fsp3) is 0.600. The van der Waals surface area contributed by atoms with Crippen LogP contribution in [0.1, 0.15) is 44.6 Å². The summed E-state index contributed by atoms with van der Waals surface area (Å²) in [5, 5.41) is 0.264. The van der Waals surface area contributed by atoms with Crippen molar-refractivity contribution >= 4 is 11.6 Å². The molecule has 2 heteroatoms. The summed E-state index contributed by atoms with van der Waals surface area (Å²) < 4.78 is 5.13. The monoisotopic (exact) mass is 254 g/mol. The minimum Gasteiger partial charge on any atom is -0.497 e. The topological polar surface area (TPSA) is 9.23 Å². The number of methoxy groups -OCH3 is 1. The van der Waals surface area contributed by atoms with Gasteiger partial charge in [-0.2, -0.15) is 0 Å². The molecule has 0 aliphatic rings. The van der Waals surface area contributed by atoms with Crippen molar-refractivity contribution < 1.29 is 4.74 Å². The maximum atomic E-state index is 6.34. The molecular weight excluding hydrogens is 232 g/mol. The van der Waals surface area contributed by atoms with E-state index in [0.29, 0.717) is 0 Å². The Labute approximate surface area is 110 Å². The quantitative estimate of drug-likeness (QED) is 0.478. The Bertz CT molecular complexity index is 294. The van der Waals surface area contributed by atoms with Crippen molar-refractivity contribution in [2.75, 3.05) is 7.11 Å². The van der Waals surface area contributed by atoms with E-state index in [1.165, 1.54) is 31.2 Å². The molecule has 1 unspecified atom stereocenters. The highest BCUT2D eigenvalue weighted by molar-refractivity contribution is 6.20. The van der Waals surface area contributed by atoms with Crippen LogP contribution in [0.5, 0.6) is 5.75 Å². The van der Waals surface area contributed by atoms with Crippen molar-refractivity contribution in [3.05, 3.63) is 29.8 Å². The minimum atomic E-state index is 0.264. The summed E-state index contributed by atoms with van der Waals surface area (Å²) in [6.07, 6.45) is 7.24. The molecule has 0 saturated carbocycles. The van der Waals surface area contributed by atoms with Gasteiger partial charge in [0.2, 0.25) is 0 Å². The van der Waals surface area contributed by atoms with Crippen LogP contribution < -0.4 is 4.74 Å². The molecule has 1 atom stereocenters. The lowest BCUT2D eigenvalue weighted by Gasteiger charge is -2.09. The smallest absolute Gasteiger partial charge is 0.118 e. The lowest BCUT2D eigenvalue weighted by atomic mass is 10.0. The zero-order valence-corrected chi connectivity index (χ0v) is 11.7. The van der Waals surface area contributed by atoms with E-state index in [4.69, 9.17) is 16.3 Å². The highest BCUT2D eigenvalue weighted by atomic mass is 35.5. The van der Waals surface area contributed by atoms with E-state index in [1.54, 1.807) is 7.11 Å². The van der Waals surface area contributed by atoms with E-state index < -0.39 is 0 Å². The molecule has 0 bridgehead atoms. The van der Waals surface area contributed by atoms with E-state index in [1.807, 2.05) is 12.1 Å². The fourth-order valence-corrected chi connectivity index (χ4v) is 2.24. The summed E-state index contributed by atoms with van der Waals surface area (Å²) in [4.78, 5) is 0. The molecule has 0 N–H and O–H groups in total. The third kappa shape index (κ3) is 5.97. The number of ether oxygens (including phenoxy) is 1. The summed E-state index contributed by atoms with van der Waals surface area (Å²) in [7, 11) is 1.69. The molecule has 0 fully saturated rings. The van der Waals surface area contributed by atoms with Crippen molar-refractivity contribution in [1.82, 2.24) is 0 Å². The van der Waals surface area contributed by atoms with E-state index in [2.05, 4.69) is 19.1 Å². The first-order chi connectivity index (χ1) is 8.26. The van der Waals surface area contributed by atoms with Crippen molar-refractivity contribution in [1.29, 1.82) is 0 Å². The highest BCUT2D eigenvalue weighted by Gasteiger charge is 2.05. The largest absolute Gasteiger partial charge is 0.497 e. The second-order valence-corrected chi connectivity index (χ2v) is 5.12. The van der Waals surface area contributed by atoms with Crippen LogP contribution in [0.3, 0.4) is 0 Å². The summed E-state index contributed by atoms with van der Waals surface area (Å²) in [6, 6.07) is 8.19. The van der Waals surface area contributed by atoms with Crippen LogP contribution in [0, 0.1) is 0 Å². The molecule has 1 nitrogen and oxygen atoms in total. The molecule has 1 aromatic rings. The standard InChI is InChI=1S/C15H23ClO/c1-3-4-5-6-7-14(16)12-13-8-10-15(17-2)11-9-13/h8-11,14H,3-7,12H2,1-2H3. The lowest BCUT2D eigenvalue weighted by molar-refractivity contribution is 0.414. The average Bonchev–Trinajstić information content (AvgIpc) is 2.36. The summed E-state index contributed by atoms with van der Waals surface area (Å²) in [5.74, 6) is 0.905. The Morgan fingerprint density at radius 1 is 1.12 bits per heavy atom. The lowest BCUT2D eigenvalue weighted by Crippen LogP contribution is -2.03. The zero-order chi connectivity index (χ0) is 12.5. The van der Waals surface area contributed by atoms with Gasteiger partial charge in [0, 0.05) is 5.38 Å². The van der Waals surface area contributed by atoms with Gasteiger partial charge in [-0.15, -0.1) is 11.6 Å². The van der Waals surface area contributed by atoms with Gasteiger partial charge in [-0.1, -0.05) is 44.7 Å². The SMILES string of the molecule is CCCCCCC(Cl)Cc1ccc(OC)cc1. The van der Waals surface area contributed by atoms with E-state index >= 15 is 0 Å². The van der Waals surface area contributed by atoms with Gasteiger partial charge < -0.3 is 4.74 Å². The van der Waals surface area contributed by atoms with Gasteiger partial charge in [-0.3, -0.25) is 0 Å². The maximum absolute atomic E-state index is 6.34. The van der Waals surface area contributed by atoms with Gasteiger partial charge in [0.25, 0.3) is 0 Å². The first-order valence-corrected chi connectivity index (χ1v) is 6.97. The molecule has 1 aromatic carbocycles. The van der Waals surface area contributed by atoms with Crippen LogP contribution in [0.15, 0.2) is 24.3 Å². The fourth-order valence-electron chi connectivity index (χ4n) is 1.91. The van der Waals surface area contributed by atoms with E-state index in [9.17, 15) is 0 Å². The molecule has 0 radical (unpaired) electrons. The number of unbranched alkanes of at least 4 members (excludes halogenated alkanes) is 3. The Morgan fingerprint density at radius 2 is 1.82 bits per heavy atom. The number of benzene rings is 1. The second-order valence-electron chi connectivity index (χ2n) is 4.50. The maximum Gasteiger partial charge on any atom is 0.118 e. The van der Waals surface area contributed by atoms with E-state index in [0.717, 1.165) is 18.6 Å². The van der Waals surface area contributed by atoms with E-state index in [-0.39, 0.29) is 5.38 Å². The third-order valence-corrected chi connectivity index (χ3v) is 3.36. The minimum absolute atomic E-state index is 0.264.